The van der Waals surface area contributed by atoms with Crippen LogP contribution in [0.1, 0.15) is 64.9 Å². The Labute approximate surface area is 315 Å². The number of amides is 1. The number of ether oxygens (including phenoxy) is 1. The predicted octanol–water partition coefficient (Wildman–Crippen LogP) is 9.02. The van der Waals surface area contributed by atoms with E-state index in [9.17, 15) is 4.79 Å². The fourth-order valence-corrected chi connectivity index (χ4v) is 8.81. The average molecular weight is 736 g/mol. The van der Waals surface area contributed by atoms with Crippen molar-refractivity contribution in [1.82, 2.24) is 4.98 Å². The van der Waals surface area contributed by atoms with E-state index in [0.29, 0.717) is 5.13 Å². The number of nitrogens with one attached hydrogen (secondary N) is 1. The monoisotopic (exact) mass is 735 g/mol. The van der Waals surface area contributed by atoms with Crippen molar-refractivity contribution in [2.45, 2.75) is 75.9 Å². The minimum Gasteiger partial charge on any atom is -0.444 e. The molecular formula is C41H49N7O2S2. The number of nitrogens with zero attached hydrogens (tertiary/aromatic N) is 4. The lowest BCUT2D eigenvalue weighted by molar-refractivity contribution is 0.0636. The number of aromatic nitrogens is 1. The summed E-state index contributed by atoms with van der Waals surface area (Å²) in [6.07, 6.45) is 13.4. The quantitative estimate of drug-likeness (QED) is 0.186. The summed E-state index contributed by atoms with van der Waals surface area (Å²) in [6.45, 7) is 10.1. The second-order valence-electron chi connectivity index (χ2n) is 14.8. The topological polar surface area (TPSA) is 122 Å². The van der Waals surface area contributed by atoms with Crippen molar-refractivity contribution >= 4 is 61.6 Å². The molecular weight excluding hydrogens is 687 g/mol. The maximum Gasteiger partial charge on any atom is 0.413 e. The molecule has 2 fully saturated rings. The molecule has 1 aromatic heterocycles. The summed E-state index contributed by atoms with van der Waals surface area (Å²) in [5.74, 6) is 0. The SMILES string of the molecule is CC(C)(C)OC(=O)Nc1nc2ccc(-c3ccc(N4CCCCC4)cc3)cc2s1.NC1N=C2C=CC(N)(c3ccc(N4CCCCC4)cc3)C=C2S1. The van der Waals surface area contributed by atoms with Crippen molar-refractivity contribution in [1.29, 1.82) is 0 Å². The number of fused-ring (bicyclic) bond motifs is 2. The summed E-state index contributed by atoms with van der Waals surface area (Å²) in [5, 5.41) is 3.28. The first-order valence-electron chi connectivity index (χ1n) is 18.3. The molecule has 3 aliphatic heterocycles. The molecule has 2 saturated heterocycles. The Bertz CT molecular complexity index is 1970. The van der Waals surface area contributed by atoms with Gasteiger partial charge >= 0.3 is 6.09 Å². The Morgan fingerprint density at radius 2 is 1.46 bits per heavy atom. The lowest BCUT2D eigenvalue weighted by atomic mass is 9.86. The van der Waals surface area contributed by atoms with Gasteiger partial charge in [-0.1, -0.05) is 59.5 Å². The minimum absolute atomic E-state index is 0.204. The highest BCUT2D eigenvalue weighted by Crippen LogP contribution is 2.38. The Morgan fingerprint density at radius 3 is 2.08 bits per heavy atom. The highest BCUT2D eigenvalue weighted by molar-refractivity contribution is 8.05. The van der Waals surface area contributed by atoms with Gasteiger partial charge in [0, 0.05) is 42.5 Å². The van der Waals surface area contributed by atoms with E-state index in [4.69, 9.17) is 16.2 Å². The molecule has 4 heterocycles. The Balaban J connectivity index is 0.000000166. The normalized spacial score (nSPS) is 21.5. The molecule has 5 N–H and O–H groups in total. The smallest absolute Gasteiger partial charge is 0.413 e. The fourth-order valence-electron chi connectivity index (χ4n) is 6.99. The Kier molecular flexibility index (Phi) is 10.8. The van der Waals surface area contributed by atoms with Crippen molar-refractivity contribution in [3.8, 4) is 11.1 Å². The molecule has 0 radical (unpaired) electrons. The average Bonchev–Trinajstić information content (AvgIpc) is 3.72. The maximum atomic E-state index is 12.0. The number of rotatable bonds is 5. The van der Waals surface area contributed by atoms with E-state index in [1.54, 1.807) is 11.8 Å². The van der Waals surface area contributed by atoms with Crippen LogP contribution in [-0.2, 0) is 10.3 Å². The molecule has 1 amide bonds. The molecule has 3 aromatic carbocycles. The fraction of sp³-hybridized carbons (Fsp3) is 0.390. The molecule has 11 heteroatoms. The predicted molar refractivity (Wildman–Crippen MR) is 220 cm³/mol. The number of hydrogen-bond acceptors (Lipinski definition) is 10. The van der Waals surface area contributed by atoms with Gasteiger partial charge in [0.05, 0.1) is 21.5 Å². The molecule has 4 aromatic rings. The van der Waals surface area contributed by atoms with Gasteiger partial charge in [0.2, 0.25) is 0 Å². The van der Waals surface area contributed by atoms with Gasteiger partial charge < -0.3 is 26.0 Å². The summed E-state index contributed by atoms with van der Waals surface area (Å²) in [4.78, 5) is 26.9. The second-order valence-corrected chi connectivity index (χ2v) is 17.0. The summed E-state index contributed by atoms with van der Waals surface area (Å²) < 4.78 is 6.34. The molecule has 9 nitrogen and oxygen atoms in total. The highest BCUT2D eigenvalue weighted by atomic mass is 32.2. The van der Waals surface area contributed by atoms with Gasteiger partial charge in [-0.2, -0.15) is 0 Å². The largest absolute Gasteiger partial charge is 0.444 e. The molecule has 52 heavy (non-hydrogen) atoms. The molecule has 2 atom stereocenters. The van der Waals surface area contributed by atoms with Crippen molar-refractivity contribution in [3.05, 3.63) is 95.4 Å². The Hall–Kier alpha value is -4.16. The zero-order chi connectivity index (χ0) is 36.3. The molecule has 4 aliphatic rings. The van der Waals surface area contributed by atoms with Gasteiger partial charge in [0.1, 0.15) is 11.1 Å². The number of piperidine rings is 2. The number of aliphatic imine (C=N–C) groups is 1. The van der Waals surface area contributed by atoms with E-state index < -0.39 is 17.2 Å². The van der Waals surface area contributed by atoms with E-state index in [0.717, 1.165) is 58.1 Å². The summed E-state index contributed by atoms with van der Waals surface area (Å²) >= 11 is 3.02. The van der Waals surface area contributed by atoms with Crippen LogP contribution < -0.4 is 26.6 Å². The number of benzene rings is 3. The minimum atomic E-state index is -0.578. The maximum absolute atomic E-state index is 12.0. The van der Waals surface area contributed by atoms with E-state index in [-0.39, 0.29) is 5.50 Å². The molecule has 272 valence electrons. The number of nitrogens with two attached hydrogens (primary N) is 2. The summed E-state index contributed by atoms with van der Waals surface area (Å²) in [7, 11) is 0. The van der Waals surface area contributed by atoms with Crippen LogP contribution in [0.4, 0.5) is 21.3 Å². The zero-order valence-corrected chi connectivity index (χ0v) is 31.9. The molecule has 0 spiro atoms. The number of hydrogen-bond donors (Lipinski definition) is 3. The first-order chi connectivity index (χ1) is 25.0. The van der Waals surface area contributed by atoms with Crippen molar-refractivity contribution in [2.24, 2.45) is 16.5 Å². The third-order valence-corrected chi connectivity index (χ3v) is 11.5. The summed E-state index contributed by atoms with van der Waals surface area (Å²) in [5.41, 5.74) is 19.0. The molecule has 2 unspecified atom stereocenters. The molecule has 0 bridgehead atoms. The second kappa shape index (κ2) is 15.4. The van der Waals surface area contributed by atoms with Crippen LogP contribution in [0.15, 0.2) is 94.9 Å². The van der Waals surface area contributed by atoms with Crippen LogP contribution in [0.5, 0.6) is 0 Å². The highest BCUT2D eigenvalue weighted by Gasteiger charge is 2.31. The number of allylic oxidation sites excluding steroid dienone is 2. The van der Waals surface area contributed by atoms with Gasteiger partial charge in [0.15, 0.2) is 5.13 Å². The first kappa shape index (κ1) is 36.2. The van der Waals surface area contributed by atoms with E-state index in [1.807, 2.05) is 39.0 Å². The lowest BCUT2D eigenvalue weighted by Crippen LogP contribution is -2.35. The number of thiazole rings is 1. The van der Waals surface area contributed by atoms with Gasteiger partial charge in [-0.05, 0) is 125 Å². The van der Waals surface area contributed by atoms with Crippen molar-refractivity contribution in [3.63, 3.8) is 0 Å². The number of thioether (sulfide) groups is 1. The Morgan fingerprint density at radius 1 is 0.865 bits per heavy atom. The molecule has 1 aliphatic carbocycles. The van der Waals surface area contributed by atoms with Crippen molar-refractivity contribution in [2.75, 3.05) is 41.3 Å². The first-order valence-corrected chi connectivity index (χ1v) is 20.0. The number of carbonyl (C=O) groups is 1. The van der Waals surface area contributed by atoms with Crippen LogP contribution in [0.3, 0.4) is 0 Å². The van der Waals surface area contributed by atoms with Gasteiger partial charge in [0.25, 0.3) is 0 Å². The number of carbonyl (C=O) groups excluding carboxylic acids is 1. The third kappa shape index (κ3) is 8.71. The standard InChI is InChI=1S/C23H27N3O2S.C18H22N4S/c1-23(2,3)28-22(27)25-21-24-19-12-9-17(15-20(19)29-21)16-7-10-18(11-8-16)26-13-5-4-6-14-26;19-17-21-15-8-9-18(20,12-16(15)23-17)13-4-6-14(7-5-13)22-10-2-1-3-11-22/h7-12,15H,4-6,13-14H2,1-3H3,(H,24,25,27);4-9,12,17H,1-3,10-11,19-20H2. The summed E-state index contributed by atoms with van der Waals surface area (Å²) in [6, 6.07) is 23.7. The van der Waals surface area contributed by atoms with Crippen molar-refractivity contribution < 1.29 is 9.53 Å². The van der Waals surface area contributed by atoms with Gasteiger partial charge in [-0.3, -0.25) is 10.3 Å². The van der Waals surface area contributed by atoms with Crippen LogP contribution in [-0.4, -0.2) is 54.1 Å². The van der Waals surface area contributed by atoms with Gasteiger partial charge in [-0.25, -0.2) is 9.78 Å². The zero-order valence-electron chi connectivity index (χ0n) is 30.3. The van der Waals surface area contributed by atoms with Crippen LogP contribution in [0, 0.1) is 0 Å². The van der Waals surface area contributed by atoms with E-state index in [1.165, 1.54) is 66.8 Å². The van der Waals surface area contributed by atoms with E-state index >= 15 is 0 Å². The van der Waals surface area contributed by atoms with Crippen LogP contribution in [0.2, 0.25) is 0 Å². The lowest BCUT2D eigenvalue weighted by Gasteiger charge is -2.30. The molecule has 8 rings (SSSR count). The van der Waals surface area contributed by atoms with Gasteiger partial charge in [-0.15, -0.1) is 0 Å². The van der Waals surface area contributed by atoms with Crippen LogP contribution in [0.25, 0.3) is 21.3 Å². The number of anilines is 3. The van der Waals surface area contributed by atoms with Crippen LogP contribution >= 0.6 is 23.1 Å². The molecule has 0 saturated carbocycles. The third-order valence-electron chi connectivity index (χ3n) is 9.66. The van der Waals surface area contributed by atoms with E-state index in [2.05, 4.69) is 91.8 Å².